The molecule has 0 heterocycles. The highest BCUT2D eigenvalue weighted by Crippen LogP contribution is 2.19. The second-order valence-electron chi connectivity index (χ2n) is 6.31. The lowest BCUT2D eigenvalue weighted by Crippen LogP contribution is -2.23. The van der Waals surface area contributed by atoms with Crippen molar-refractivity contribution in [2.24, 2.45) is 0 Å². The van der Waals surface area contributed by atoms with Gasteiger partial charge in [-0.15, -0.1) is 0 Å². The number of benzene rings is 3. The lowest BCUT2D eigenvalue weighted by molar-refractivity contribution is -0.149. The van der Waals surface area contributed by atoms with Crippen LogP contribution in [-0.2, 0) is 14.3 Å². The Morgan fingerprint density at radius 2 is 1.63 bits per heavy atom. The van der Waals surface area contributed by atoms with Crippen molar-refractivity contribution in [1.82, 2.24) is 0 Å². The molecule has 0 radical (unpaired) electrons. The summed E-state index contributed by atoms with van der Waals surface area (Å²) in [4.78, 5) is 23.8. The van der Waals surface area contributed by atoms with Crippen molar-refractivity contribution < 1.29 is 19.1 Å². The Balaban J connectivity index is 1.46. The second-order valence-corrected chi connectivity index (χ2v) is 6.31. The maximum Gasteiger partial charge on any atom is 0.344 e. The van der Waals surface area contributed by atoms with Gasteiger partial charge in [-0.1, -0.05) is 36.4 Å². The van der Waals surface area contributed by atoms with Crippen LogP contribution in [0.3, 0.4) is 0 Å². The van der Waals surface area contributed by atoms with E-state index in [9.17, 15) is 9.59 Å². The molecule has 138 valence electrons. The highest BCUT2D eigenvalue weighted by Gasteiger charge is 2.09. The van der Waals surface area contributed by atoms with Crippen LogP contribution in [0, 0.1) is 13.8 Å². The van der Waals surface area contributed by atoms with Gasteiger partial charge < -0.3 is 14.8 Å². The first-order valence-electron chi connectivity index (χ1n) is 8.65. The van der Waals surface area contributed by atoms with Gasteiger partial charge in [0, 0.05) is 5.69 Å². The van der Waals surface area contributed by atoms with E-state index in [1.54, 1.807) is 6.07 Å². The quantitative estimate of drug-likeness (QED) is 0.672. The minimum Gasteiger partial charge on any atom is -0.482 e. The number of carbonyl (C=O) groups is 2. The van der Waals surface area contributed by atoms with E-state index in [2.05, 4.69) is 5.32 Å². The number of nitrogens with one attached hydrogen (secondary N) is 1. The van der Waals surface area contributed by atoms with E-state index < -0.39 is 11.9 Å². The Morgan fingerprint density at radius 1 is 0.852 bits per heavy atom. The summed E-state index contributed by atoms with van der Waals surface area (Å²) in [6.07, 6.45) is 0. The summed E-state index contributed by atoms with van der Waals surface area (Å²) >= 11 is 0. The van der Waals surface area contributed by atoms with E-state index in [1.165, 1.54) is 0 Å². The fourth-order valence-corrected chi connectivity index (χ4v) is 2.60. The third-order valence-electron chi connectivity index (χ3n) is 4.23. The topological polar surface area (TPSA) is 64.6 Å². The number of anilines is 1. The Kier molecular flexibility index (Phi) is 5.71. The SMILES string of the molecule is Cc1ccc(OCC(=O)OCC(=O)Nc2ccc3ccccc3c2)cc1C. The number of fused-ring (bicyclic) bond motifs is 1. The molecular weight excluding hydrogens is 342 g/mol. The maximum absolute atomic E-state index is 12.0. The largest absolute Gasteiger partial charge is 0.482 e. The molecular formula is C22H21NO4. The number of rotatable bonds is 6. The molecule has 3 aromatic carbocycles. The van der Waals surface area contributed by atoms with Crippen LogP contribution < -0.4 is 10.1 Å². The zero-order chi connectivity index (χ0) is 19.2. The Bertz CT molecular complexity index is 981. The molecule has 0 aliphatic carbocycles. The van der Waals surface area contributed by atoms with Gasteiger partial charge in [0.2, 0.25) is 0 Å². The zero-order valence-corrected chi connectivity index (χ0v) is 15.3. The van der Waals surface area contributed by atoms with E-state index >= 15 is 0 Å². The number of hydrogen-bond donors (Lipinski definition) is 1. The van der Waals surface area contributed by atoms with E-state index in [4.69, 9.17) is 9.47 Å². The average molecular weight is 363 g/mol. The van der Waals surface area contributed by atoms with Gasteiger partial charge in [-0.05, 0) is 60.0 Å². The number of aryl methyl sites for hydroxylation is 2. The summed E-state index contributed by atoms with van der Waals surface area (Å²) in [5, 5.41) is 4.83. The van der Waals surface area contributed by atoms with Gasteiger partial charge in [0.05, 0.1) is 0 Å². The van der Waals surface area contributed by atoms with Gasteiger partial charge in [-0.25, -0.2) is 4.79 Å². The molecule has 0 bridgehead atoms. The number of carbonyl (C=O) groups excluding carboxylic acids is 2. The van der Waals surface area contributed by atoms with Gasteiger partial charge in [0.15, 0.2) is 13.2 Å². The summed E-state index contributed by atoms with van der Waals surface area (Å²) in [5.74, 6) is -0.401. The summed E-state index contributed by atoms with van der Waals surface area (Å²) in [6.45, 7) is 3.37. The van der Waals surface area contributed by atoms with Crippen molar-refractivity contribution in [3.63, 3.8) is 0 Å². The fourth-order valence-electron chi connectivity index (χ4n) is 2.60. The standard InChI is InChI=1S/C22H21NO4/c1-15-7-10-20(11-16(15)2)26-14-22(25)27-13-21(24)23-19-9-8-17-5-3-4-6-18(17)12-19/h3-12H,13-14H2,1-2H3,(H,23,24). The molecule has 1 N–H and O–H groups in total. The second kappa shape index (κ2) is 8.36. The number of esters is 1. The monoisotopic (exact) mass is 363 g/mol. The molecule has 0 spiro atoms. The lowest BCUT2D eigenvalue weighted by Gasteiger charge is -2.09. The van der Waals surface area contributed by atoms with E-state index in [0.717, 1.165) is 21.9 Å². The number of amides is 1. The van der Waals surface area contributed by atoms with Crippen LogP contribution in [0.25, 0.3) is 10.8 Å². The fraction of sp³-hybridized carbons (Fsp3) is 0.182. The van der Waals surface area contributed by atoms with E-state index in [1.807, 2.05) is 68.4 Å². The predicted molar refractivity (Wildman–Crippen MR) is 105 cm³/mol. The van der Waals surface area contributed by atoms with Crippen LogP contribution >= 0.6 is 0 Å². The molecule has 0 atom stereocenters. The molecule has 5 heteroatoms. The molecule has 0 saturated carbocycles. The van der Waals surface area contributed by atoms with E-state index in [0.29, 0.717) is 11.4 Å². The minimum absolute atomic E-state index is 0.244. The summed E-state index contributed by atoms with van der Waals surface area (Å²) < 4.78 is 10.4. The third kappa shape index (κ3) is 5.07. The molecule has 0 aromatic heterocycles. The highest BCUT2D eigenvalue weighted by molar-refractivity contribution is 5.95. The van der Waals surface area contributed by atoms with Gasteiger partial charge in [-0.2, -0.15) is 0 Å². The molecule has 27 heavy (non-hydrogen) atoms. The maximum atomic E-state index is 12.0. The number of hydrogen-bond acceptors (Lipinski definition) is 4. The predicted octanol–water partition coefficient (Wildman–Crippen LogP) is 4.02. The van der Waals surface area contributed by atoms with Gasteiger partial charge in [0.1, 0.15) is 5.75 Å². The van der Waals surface area contributed by atoms with Crippen LogP contribution in [0.4, 0.5) is 5.69 Å². The molecule has 0 aliphatic heterocycles. The molecule has 3 rings (SSSR count). The van der Waals surface area contributed by atoms with Gasteiger partial charge in [-0.3, -0.25) is 4.79 Å². The van der Waals surface area contributed by atoms with Crippen LogP contribution in [0.1, 0.15) is 11.1 Å². The van der Waals surface area contributed by atoms with Crippen molar-refractivity contribution in [2.75, 3.05) is 18.5 Å². The van der Waals surface area contributed by atoms with Crippen molar-refractivity contribution >= 4 is 28.3 Å². The van der Waals surface area contributed by atoms with Crippen molar-refractivity contribution in [2.45, 2.75) is 13.8 Å². The van der Waals surface area contributed by atoms with Crippen LogP contribution in [0.2, 0.25) is 0 Å². The Labute approximate surface area is 157 Å². The van der Waals surface area contributed by atoms with E-state index in [-0.39, 0.29) is 13.2 Å². The first kappa shape index (κ1) is 18.5. The molecule has 0 saturated heterocycles. The highest BCUT2D eigenvalue weighted by atomic mass is 16.6. The van der Waals surface area contributed by atoms with Crippen LogP contribution in [0.15, 0.2) is 60.7 Å². The molecule has 0 fully saturated rings. The first-order valence-corrected chi connectivity index (χ1v) is 8.65. The average Bonchev–Trinajstić information content (AvgIpc) is 2.67. The van der Waals surface area contributed by atoms with Crippen molar-refractivity contribution in [1.29, 1.82) is 0 Å². The van der Waals surface area contributed by atoms with Crippen molar-refractivity contribution in [3.8, 4) is 5.75 Å². The Morgan fingerprint density at radius 3 is 2.41 bits per heavy atom. The lowest BCUT2D eigenvalue weighted by atomic mass is 10.1. The zero-order valence-electron chi connectivity index (χ0n) is 15.3. The summed E-state index contributed by atoms with van der Waals surface area (Å²) in [7, 11) is 0. The Hall–Kier alpha value is -3.34. The molecule has 0 aliphatic rings. The molecule has 1 amide bonds. The number of ether oxygens (including phenoxy) is 2. The molecule has 0 unspecified atom stereocenters. The third-order valence-corrected chi connectivity index (χ3v) is 4.23. The summed E-state index contributed by atoms with van der Waals surface area (Å²) in [6, 6.07) is 19.0. The van der Waals surface area contributed by atoms with Gasteiger partial charge in [0.25, 0.3) is 5.91 Å². The first-order chi connectivity index (χ1) is 13.0. The van der Waals surface area contributed by atoms with Crippen LogP contribution in [0.5, 0.6) is 5.75 Å². The van der Waals surface area contributed by atoms with Crippen molar-refractivity contribution in [3.05, 3.63) is 71.8 Å². The minimum atomic E-state index is -0.595. The molecule has 3 aromatic rings. The normalized spacial score (nSPS) is 10.4. The molecule has 5 nitrogen and oxygen atoms in total. The van der Waals surface area contributed by atoms with Gasteiger partial charge >= 0.3 is 5.97 Å². The summed E-state index contributed by atoms with van der Waals surface area (Å²) in [5.41, 5.74) is 2.88. The smallest absolute Gasteiger partial charge is 0.344 e. The van der Waals surface area contributed by atoms with Crippen LogP contribution in [-0.4, -0.2) is 25.1 Å².